The molecule has 1 aliphatic heterocycles. The van der Waals surface area contributed by atoms with E-state index in [0.29, 0.717) is 24.7 Å². The Hall–Kier alpha value is -2.84. The summed E-state index contributed by atoms with van der Waals surface area (Å²) >= 11 is 0. The fourth-order valence-electron chi connectivity index (χ4n) is 3.50. The number of rotatable bonds is 7. The highest BCUT2D eigenvalue weighted by atomic mass is 32.2. The maximum atomic E-state index is 12.7. The van der Waals surface area contributed by atoms with Crippen molar-refractivity contribution < 1.29 is 13.2 Å². The molecule has 0 spiro atoms. The first-order valence-electron chi connectivity index (χ1n) is 9.63. The Labute approximate surface area is 170 Å². The number of hydrogen-bond acceptors (Lipinski definition) is 5. The largest absolute Gasteiger partial charge is 0.494 e. The van der Waals surface area contributed by atoms with Crippen LogP contribution in [0.25, 0.3) is 0 Å². The number of H-pyrrole nitrogens is 1. The summed E-state index contributed by atoms with van der Waals surface area (Å²) in [6.45, 7) is 4.83. The van der Waals surface area contributed by atoms with Gasteiger partial charge in [0.1, 0.15) is 5.75 Å². The van der Waals surface area contributed by atoms with Crippen LogP contribution in [0.15, 0.2) is 59.5 Å². The second-order valence-corrected chi connectivity index (χ2v) is 8.67. The van der Waals surface area contributed by atoms with Gasteiger partial charge in [0.25, 0.3) is 10.0 Å². The number of ether oxygens (including phenoxy) is 1. The molecule has 2 heterocycles. The minimum Gasteiger partial charge on any atom is -0.494 e. The van der Waals surface area contributed by atoms with Crippen LogP contribution in [0, 0.1) is 0 Å². The lowest BCUT2D eigenvalue weighted by Crippen LogP contribution is -2.30. The van der Waals surface area contributed by atoms with E-state index >= 15 is 0 Å². The Morgan fingerprint density at radius 1 is 1.14 bits per heavy atom. The van der Waals surface area contributed by atoms with Crippen LogP contribution in [0.2, 0.25) is 0 Å². The Morgan fingerprint density at radius 2 is 1.90 bits per heavy atom. The second kappa shape index (κ2) is 8.26. The molecule has 0 radical (unpaired) electrons. The van der Waals surface area contributed by atoms with Crippen molar-refractivity contribution in [1.29, 1.82) is 0 Å². The van der Waals surface area contributed by atoms with Gasteiger partial charge in [-0.3, -0.25) is 14.7 Å². The summed E-state index contributed by atoms with van der Waals surface area (Å²) in [4.78, 5) is 2.50. The van der Waals surface area contributed by atoms with Crippen LogP contribution >= 0.6 is 0 Å². The number of aromatic nitrogens is 2. The molecule has 0 fully saturated rings. The predicted molar refractivity (Wildman–Crippen MR) is 111 cm³/mol. The Bertz CT molecular complexity index is 1060. The molecule has 0 atom stereocenters. The normalized spacial score (nSPS) is 14.4. The lowest BCUT2D eigenvalue weighted by atomic mass is 10.1. The first-order valence-corrected chi connectivity index (χ1v) is 11.1. The second-order valence-electron chi connectivity index (χ2n) is 6.99. The van der Waals surface area contributed by atoms with Gasteiger partial charge < -0.3 is 4.74 Å². The van der Waals surface area contributed by atoms with Gasteiger partial charge in [-0.1, -0.05) is 30.3 Å². The molecule has 0 aliphatic carbocycles. The molecule has 3 aromatic rings. The third-order valence-corrected chi connectivity index (χ3v) is 6.29. The van der Waals surface area contributed by atoms with E-state index in [1.165, 1.54) is 17.7 Å². The number of anilines is 1. The van der Waals surface area contributed by atoms with Gasteiger partial charge in [-0.2, -0.15) is 5.10 Å². The summed E-state index contributed by atoms with van der Waals surface area (Å²) < 4.78 is 33.5. The van der Waals surface area contributed by atoms with E-state index < -0.39 is 10.0 Å². The smallest absolute Gasteiger partial charge is 0.263 e. The van der Waals surface area contributed by atoms with Gasteiger partial charge in [0.05, 0.1) is 17.2 Å². The van der Waals surface area contributed by atoms with Crippen LogP contribution in [-0.4, -0.2) is 36.7 Å². The molecular formula is C21H24N4O3S. The number of nitrogens with one attached hydrogen (secondary N) is 2. The molecule has 1 aliphatic rings. The van der Waals surface area contributed by atoms with Crippen molar-refractivity contribution in [3.63, 3.8) is 0 Å². The molecule has 0 amide bonds. The number of benzene rings is 2. The van der Waals surface area contributed by atoms with E-state index in [1.807, 2.05) is 25.1 Å². The van der Waals surface area contributed by atoms with Crippen molar-refractivity contribution in [1.82, 2.24) is 15.1 Å². The molecule has 2 N–H and O–H groups in total. The number of fused-ring (bicyclic) bond motifs is 1. The van der Waals surface area contributed by atoms with E-state index in [-0.39, 0.29) is 4.90 Å². The Kier molecular flexibility index (Phi) is 5.55. The monoisotopic (exact) mass is 412 g/mol. The molecule has 8 heteroatoms. The number of sulfonamides is 1. The molecule has 2 aromatic carbocycles. The van der Waals surface area contributed by atoms with Gasteiger partial charge in [-0.05, 0) is 43.2 Å². The highest BCUT2D eigenvalue weighted by molar-refractivity contribution is 7.92. The SMILES string of the molecule is CCOc1ccc(S(=O)(=O)Nc2n[nH]c3c2CCN(Cc2ccccc2)C3)cc1. The first kappa shape index (κ1) is 19.5. The third-order valence-electron chi connectivity index (χ3n) is 4.94. The quantitative estimate of drug-likeness (QED) is 0.622. The highest BCUT2D eigenvalue weighted by Gasteiger charge is 2.25. The zero-order valence-corrected chi connectivity index (χ0v) is 17.1. The van der Waals surface area contributed by atoms with Crippen LogP contribution in [0.4, 0.5) is 5.82 Å². The van der Waals surface area contributed by atoms with Crippen molar-refractivity contribution in [3.05, 3.63) is 71.4 Å². The van der Waals surface area contributed by atoms with Crippen LogP contribution in [0.1, 0.15) is 23.7 Å². The summed E-state index contributed by atoms with van der Waals surface area (Å²) in [5.41, 5.74) is 3.15. The minimum atomic E-state index is -3.71. The van der Waals surface area contributed by atoms with Crippen LogP contribution in [0.5, 0.6) is 5.75 Å². The molecule has 7 nitrogen and oxygen atoms in total. The molecule has 4 rings (SSSR count). The highest BCUT2D eigenvalue weighted by Crippen LogP contribution is 2.27. The third kappa shape index (κ3) is 4.44. The van der Waals surface area contributed by atoms with Gasteiger partial charge in [0.2, 0.25) is 0 Å². The van der Waals surface area contributed by atoms with Crippen molar-refractivity contribution in [2.45, 2.75) is 31.3 Å². The molecule has 0 saturated heterocycles. The number of aromatic amines is 1. The average molecular weight is 413 g/mol. The lowest BCUT2D eigenvalue weighted by Gasteiger charge is -2.26. The van der Waals surface area contributed by atoms with Crippen molar-refractivity contribution in [3.8, 4) is 5.75 Å². The van der Waals surface area contributed by atoms with Crippen LogP contribution in [-0.2, 0) is 29.5 Å². The summed E-state index contributed by atoms with van der Waals surface area (Å²) in [7, 11) is -3.71. The number of nitrogens with zero attached hydrogens (tertiary/aromatic N) is 2. The first-order chi connectivity index (χ1) is 14.0. The van der Waals surface area contributed by atoms with E-state index in [0.717, 1.165) is 30.8 Å². The van der Waals surface area contributed by atoms with Crippen LogP contribution < -0.4 is 9.46 Å². The average Bonchev–Trinajstić information content (AvgIpc) is 3.11. The molecule has 0 unspecified atom stereocenters. The fraction of sp³-hybridized carbons (Fsp3) is 0.286. The fourth-order valence-corrected chi connectivity index (χ4v) is 4.54. The zero-order chi connectivity index (χ0) is 20.3. The van der Waals surface area contributed by atoms with Gasteiger partial charge in [0, 0.05) is 25.2 Å². The summed E-state index contributed by atoms with van der Waals surface area (Å²) in [5.74, 6) is 1.02. The van der Waals surface area contributed by atoms with Crippen molar-refractivity contribution in [2.24, 2.45) is 0 Å². The van der Waals surface area contributed by atoms with E-state index in [2.05, 4.69) is 32.0 Å². The molecule has 0 saturated carbocycles. The summed E-state index contributed by atoms with van der Waals surface area (Å²) in [5, 5.41) is 7.23. The van der Waals surface area contributed by atoms with Gasteiger partial charge in [-0.15, -0.1) is 0 Å². The minimum absolute atomic E-state index is 0.180. The maximum Gasteiger partial charge on any atom is 0.263 e. The van der Waals surface area contributed by atoms with Gasteiger partial charge in [0.15, 0.2) is 5.82 Å². The van der Waals surface area contributed by atoms with E-state index in [4.69, 9.17) is 4.74 Å². The zero-order valence-electron chi connectivity index (χ0n) is 16.3. The molecule has 29 heavy (non-hydrogen) atoms. The van der Waals surface area contributed by atoms with E-state index in [1.54, 1.807) is 12.1 Å². The molecule has 0 bridgehead atoms. The molecule has 1 aromatic heterocycles. The van der Waals surface area contributed by atoms with Crippen molar-refractivity contribution in [2.75, 3.05) is 17.9 Å². The van der Waals surface area contributed by atoms with Gasteiger partial charge >= 0.3 is 0 Å². The van der Waals surface area contributed by atoms with Crippen molar-refractivity contribution >= 4 is 15.8 Å². The Balaban J connectivity index is 1.46. The standard InChI is InChI=1S/C21H24N4O3S/c1-2-28-17-8-10-18(11-9-17)29(26,27)24-21-19-12-13-25(15-20(19)22-23-21)14-16-6-4-3-5-7-16/h3-11H,2,12-15H2,1H3,(H2,22,23,24). The summed E-state index contributed by atoms with van der Waals surface area (Å²) in [6.07, 6.45) is 0.736. The topological polar surface area (TPSA) is 87.3 Å². The number of hydrogen-bond donors (Lipinski definition) is 2. The predicted octanol–water partition coefficient (Wildman–Crippen LogP) is 3.17. The Morgan fingerprint density at radius 3 is 2.62 bits per heavy atom. The molecule has 152 valence electrons. The van der Waals surface area contributed by atoms with Gasteiger partial charge in [-0.25, -0.2) is 8.42 Å². The molecular weight excluding hydrogens is 388 g/mol. The summed E-state index contributed by atoms with van der Waals surface area (Å²) in [6, 6.07) is 16.7. The van der Waals surface area contributed by atoms with E-state index in [9.17, 15) is 8.42 Å². The van der Waals surface area contributed by atoms with Crippen LogP contribution in [0.3, 0.4) is 0 Å². The maximum absolute atomic E-state index is 12.7. The lowest BCUT2D eigenvalue weighted by molar-refractivity contribution is 0.242.